The number of benzene rings is 1. The minimum Gasteiger partial charge on any atom is -0.465 e. The van der Waals surface area contributed by atoms with Gasteiger partial charge in [0.15, 0.2) is 0 Å². The van der Waals surface area contributed by atoms with E-state index >= 15 is 0 Å². The highest BCUT2D eigenvalue weighted by Crippen LogP contribution is 2.33. The van der Waals surface area contributed by atoms with Crippen LogP contribution in [0.25, 0.3) is 6.08 Å². The van der Waals surface area contributed by atoms with Crippen molar-refractivity contribution in [3.63, 3.8) is 0 Å². The monoisotopic (exact) mass is 371 g/mol. The summed E-state index contributed by atoms with van der Waals surface area (Å²) >= 11 is 0.948. The molecular formula is C17H13N3O5S. The van der Waals surface area contributed by atoms with E-state index in [0.717, 1.165) is 11.3 Å². The van der Waals surface area contributed by atoms with E-state index in [2.05, 4.69) is 10.1 Å². The van der Waals surface area contributed by atoms with Crippen LogP contribution in [0.1, 0.15) is 26.4 Å². The summed E-state index contributed by atoms with van der Waals surface area (Å²) in [6, 6.07) is 7.75. The van der Waals surface area contributed by atoms with Crippen molar-refractivity contribution in [3.8, 4) is 6.07 Å². The Morgan fingerprint density at radius 3 is 2.77 bits per heavy atom. The first-order valence-electron chi connectivity index (χ1n) is 7.22. The van der Waals surface area contributed by atoms with Gasteiger partial charge in [-0.2, -0.15) is 5.26 Å². The Balaban J connectivity index is 2.20. The number of thiophene rings is 1. The number of rotatable bonds is 5. The van der Waals surface area contributed by atoms with E-state index in [1.54, 1.807) is 13.0 Å². The molecule has 0 saturated heterocycles. The number of nitro benzene ring substituents is 1. The lowest BCUT2D eigenvalue weighted by atomic mass is 10.1. The van der Waals surface area contributed by atoms with Crippen LogP contribution in [-0.2, 0) is 9.53 Å². The molecule has 9 heteroatoms. The van der Waals surface area contributed by atoms with E-state index < -0.39 is 16.8 Å². The molecule has 0 saturated carbocycles. The van der Waals surface area contributed by atoms with Crippen LogP contribution in [0, 0.1) is 28.4 Å². The largest absolute Gasteiger partial charge is 0.465 e. The van der Waals surface area contributed by atoms with Gasteiger partial charge in [0.05, 0.1) is 17.6 Å². The van der Waals surface area contributed by atoms with Crippen LogP contribution in [0.15, 0.2) is 30.3 Å². The van der Waals surface area contributed by atoms with E-state index in [-0.39, 0.29) is 21.1 Å². The van der Waals surface area contributed by atoms with E-state index in [9.17, 15) is 25.0 Å². The van der Waals surface area contributed by atoms with Gasteiger partial charge in [0, 0.05) is 18.2 Å². The van der Waals surface area contributed by atoms with Crippen LogP contribution >= 0.6 is 11.3 Å². The smallest absolute Gasteiger partial charge is 0.348 e. The Bertz CT molecular complexity index is 956. The number of hydrogen-bond donors (Lipinski definition) is 1. The first-order valence-corrected chi connectivity index (χ1v) is 8.04. The fourth-order valence-electron chi connectivity index (χ4n) is 2.09. The molecule has 1 amide bonds. The van der Waals surface area contributed by atoms with E-state index in [1.807, 2.05) is 6.07 Å². The van der Waals surface area contributed by atoms with Crippen molar-refractivity contribution in [2.45, 2.75) is 6.92 Å². The first kappa shape index (κ1) is 18.8. The zero-order valence-electron chi connectivity index (χ0n) is 13.8. The summed E-state index contributed by atoms with van der Waals surface area (Å²) in [5.74, 6) is -1.12. The first-order chi connectivity index (χ1) is 12.4. The molecule has 0 unspecified atom stereocenters. The minimum atomic E-state index is -0.586. The zero-order valence-corrected chi connectivity index (χ0v) is 14.6. The molecule has 2 rings (SSSR count). The summed E-state index contributed by atoms with van der Waals surface area (Å²) in [7, 11) is 1.23. The van der Waals surface area contributed by atoms with Crippen LogP contribution in [0.5, 0.6) is 0 Å². The third kappa shape index (κ3) is 4.12. The Kier molecular flexibility index (Phi) is 5.82. The van der Waals surface area contributed by atoms with Gasteiger partial charge in [0.2, 0.25) is 5.91 Å². The average Bonchev–Trinajstić information content (AvgIpc) is 2.94. The number of non-ortho nitro benzene ring substituents is 1. The number of esters is 1. The third-order valence-corrected chi connectivity index (χ3v) is 4.56. The number of amides is 1. The van der Waals surface area contributed by atoms with Gasteiger partial charge in [-0.3, -0.25) is 14.9 Å². The minimum absolute atomic E-state index is 0.0871. The molecule has 1 aromatic heterocycles. The number of nitriles is 1. The lowest BCUT2D eigenvalue weighted by molar-refractivity contribution is -0.384. The maximum Gasteiger partial charge on any atom is 0.348 e. The number of hydrogen-bond acceptors (Lipinski definition) is 7. The molecular weight excluding hydrogens is 358 g/mol. The van der Waals surface area contributed by atoms with Gasteiger partial charge < -0.3 is 10.1 Å². The number of ether oxygens (including phenoxy) is 1. The van der Waals surface area contributed by atoms with Crippen molar-refractivity contribution in [3.05, 3.63) is 62.0 Å². The van der Waals surface area contributed by atoms with Crippen molar-refractivity contribution in [2.24, 2.45) is 0 Å². The topological polar surface area (TPSA) is 122 Å². The lowest BCUT2D eigenvalue weighted by Gasteiger charge is -1.99. The number of nitrogens with one attached hydrogen (secondary N) is 1. The van der Waals surface area contributed by atoms with Gasteiger partial charge >= 0.3 is 5.97 Å². The number of anilines is 1. The van der Waals surface area contributed by atoms with Crippen LogP contribution in [0.3, 0.4) is 0 Å². The highest BCUT2D eigenvalue weighted by atomic mass is 32.1. The second-order valence-electron chi connectivity index (χ2n) is 5.04. The second kappa shape index (κ2) is 8.04. The lowest BCUT2D eigenvalue weighted by Crippen LogP contribution is -2.07. The Morgan fingerprint density at radius 2 is 2.15 bits per heavy atom. The fourth-order valence-corrected chi connectivity index (χ4v) is 3.17. The summed E-state index contributed by atoms with van der Waals surface area (Å²) in [4.78, 5) is 34.2. The summed E-state index contributed by atoms with van der Waals surface area (Å²) in [6.45, 7) is 1.59. The van der Waals surface area contributed by atoms with E-state index in [1.165, 1.54) is 37.5 Å². The molecule has 132 valence electrons. The zero-order chi connectivity index (χ0) is 19.3. The van der Waals surface area contributed by atoms with E-state index in [4.69, 9.17) is 0 Å². The molecule has 2 aromatic rings. The maximum absolute atomic E-state index is 12.1. The summed E-state index contributed by atoms with van der Waals surface area (Å²) in [5, 5.41) is 22.8. The Hall–Kier alpha value is -3.51. The van der Waals surface area contributed by atoms with Gasteiger partial charge in [-0.25, -0.2) is 4.79 Å². The molecule has 26 heavy (non-hydrogen) atoms. The molecule has 0 fully saturated rings. The summed E-state index contributed by atoms with van der Waals surface area (Å²) in [5.41, 5.74) is 1.01. The van der Waals surface area contributed by atoms with Crippen molar-refractivity contribution >= 4 is 40.0 Å². The molecule has 0 bridgehead atoms. The molecule has 0 radical (unpaired) electrons. The van der Waals surface area contributed by atoms with Crippen molar-refractivity contribution in [1.29, 1.82) is 5.26 Å². The second-order valence-corrected chi connectivity index (χ2v) is 6.06. The molecule has 0 aliphatic heterocycles. The number of methoxy groups -OCH3 is 1. The maximum atomic E-state index is 12.1. The van der Waals surface area contributed by atoms with Gasteiger partial charge in [-0.1, -0.05) is 12.1 Å². The predicted octanol–water partition coefficient (Wildman–Crippen LogP) is 3.27. The van der Waals surface area contributed by atoms with Gasteiger partial charge in [0.25, 0.3) is 5.69 Å². The number of carbonyl (C=O) groups is 2. The van der Waals surface area contributed by atoms with Crippen molar-refractivity contribution in [1.82, 2.24) is 0 Å². The van der Waals surface area contributed by atoms with Gasteiger partial charge in [-0.05, 0) is 24.1 Å². The molecule has 0 spiro atoms. The fraction of sp³-hybridized carbons (Fsp3) is 0.118. The van der Waals surface area contributed by atoms with E-state index in [0.29, 0.717) is 11.1 Å². The van der Waals surface area contributed by atoms with Gasteiger partial charge in [0.1, 0.15) is 15.9 Å². The Labute approximate surface area is 152 Å². The SMILES string of the molecule is COC(=O)c1sc(NC(=O)C=Cc2cccc([N+](=O)[O-])c2)c(C#N)c1C. The van der Waals surface area contributed by atoms with Crippen LogP contribution in [0.2, 0.25) is 0 Å². The molecule has 0 aliphatic rings. The molecule has 0 aliphatic carbocycles. The summed E-state index contributed by atoms with van der Waals surface area (Å²) in [6.07, 6.45) is 2.60. The quantitative estimate of drug-likeness (QED) is 0.372. The standard InChI is InChI=1S/C17H13N3O5S/c1-10-13(9-18)16(26-15(10)17(22)25-2)19-14(21)7-6-11-4-3-5-12(8-11)20(23)24/h3-8H,1-2H3,(H,19,21). The summed E-state index contributed by atoms with van der Waals surface area (Å²) < 4.78 is 4.65. The number of nitro groups is 1. The number of carbonyl (C=O) groups excluding carboxylic acids is 2. The van der Waals surface area contributed by atoms with Crippen molar-refractivity contribution in [2.75, 3.05) is 12.4 Å². The number of nitrogens with zero attached hydrogens (tertiary/aromatic N) is 2. The molecule has 1 aromatic carbocycles. The van der Waals surface area contributed by atoms with Gasteiger partial charge in [-0.15, -0.1) is 11.3 Å². The highest BCUT2D eigenvalue weighted by molar-refractivity contribution is 7.18. The van der Waals surface area contributed by atoms with Crippen LogP contribution < -0.4 is 5.32 Å². The predicted molar refractivity (Wildman–Crippen MR) is 95.9 cm³/mol. The highest BCUT2D eigenvalue weighted by Gasteiger charge is 2.21. The molecule has 8 nitrogen and oxygen atoms in total. The normalized spacial score (nSPS) is 10.3. The molecule has 0 atom stereocenters. The average molecular weight is 371 g/mol. The van der Waals surface area contributed by atoms with Crippen molar-refractivity contribution < 1.29 is 19.2 Å². The van der Waals surface area contributed by atoms with Crippen LogP contribution in [0.4, 0.5) is 10.7 Å². The molecule has 1 heterocycles. The molecule has 1 N–H and O–H groups in total. The van der Waals surface area contributed by atoms with Crippen LogP contribution in [-0.4, -0.2) is 23.9 Å². The third-order valence-electron chi connectivity index (χ3n) is 3.37. The Morgan fingerprint density at radius 1 is 1.42 bits per heavy atom.